The minimum atomic E-state index is -0.0518. The van der Waals surface area contributed by atoms with Gasteiger partial charge < -0.3 is 14.6 Å². The molecule has 1 fully saturated rings. The fourth-order valence-corrected chi connectivity index (χ4v) is 3.23. The highest BCUT2D eigenvalue weighted by Crippen LogP contribution is 2.25. The van der Waals surface area contributed by atoms with E-state index in [1.54, 1.807) is 0 Å². The van der Waals surface area contributed by atoms with Crippen LogP contribution in [0.4, 0.5) is 0 Å². The van der Waals surface area contributed by atoms with Crippen molar-refractivity contribution in [2.24, 2.45) is 7.05 Å². The Morgan fingerprint density at radius 3 is 2.95 bits per heavy atom. The number of aliphatic hydroxyl groups is 1. The third-order valence-electron chi connectivity index (χ3n) is 4.43. The van der Waals surface area contributed by atoms with E-state index >= 15 is 0 Å². The van der Waals surface area contributed by atoms with E-state index in [4.69, 9.17) is 0 Å². The number of aliphatic hydroxyl groups excluding tert-OH is 1. The lowest BCUT2D eigenvalue weighted by Crippen LogP contribution is -2.36. The van der Waals surface area contributed by atoms with Gasteiger partial charge in [-0.3, -0.25) is 4.68 Å². The van der Waals surface area contributed by atoms with E-state index in [0.717, 1.165) is 44.8 Å². The van der Waals surface area contributed by atoms with Crippen molar-refractivity contribution < 1.29 is 5.11 Å². The molecule has 1 saturated heterocycles. The van der Waals surface area contributed by atoms with Gasteiger partial charge in [-0.2, -0.15) is 5.10 Å². The summed E-state index contributed by atoms with van der Waals surface area (Å²) in [4.78, 5) is 2.50. The molecule has 3 rings (SSSR count). The van der Waals surface area contributed by atoms with Gasteiger partial charge in [0.2, 0.25) is 0 Å². The summed E-state index contributed by atoms with van der Waals surface area (Å²) in [6.07, 6.45) is 7.27. The minimum Gasteiger partial charge on any atom is -0.388 e. The van der Waals surface area contributed by atoms with E-state index in [0.29, 0.717) is 11.7 Å². The zero-order valence-corrected chi connectivity index (χ0v) is 13.1. The van der Waals surface area contributed by atoms with Crippen molar-refractivity contribution in [3.8, 4) is 0 Å². The van der Waals surface area contributed by atoms with Gasteiger partial charge in [0.05, 0.1) is 0 Å². The van der Waals surface area contributed by atoms with Gasteiger partial charge in [-0.25, -0.2) is 0 Å². The second kappa shape index (κ2) is 7.02. The number of aromatic nitrogens is 5. The van der Waals surface area contributed by atoms with E-state index < -0.39 is 0 Å². The molecule has 1 N–H and O–H groups in total. The van der Waals surface area contributed by atoms with Gasteiger partial charge in [-0.05, 0) is 38.4 Å². The highest BCUT2D eigenvalue weighted by atomic mass is 16.3. The van der Waals surface area contributed by atoms with Crippen LogP contribution in [0, 0.1) is 0 Å². The zero-order valence-electron chi connectivity index (χ0n) is 13.1. The fraction of sp³-hybridized carbons (Fsp3) is 0.667. The van der Waals surface area contributed by atoms with Crippen LogP contribution < -0.4 is 0 Å². The number of hydrogen-bond acceptors (Lipinski definition) is 5. The average molecular weight is 304 g/mol. The molecule has 0 spiro atoms. The zero-order chi connectivity index (χ0) is 15.4. The largest absolute Gasteiger partial charge is 0.388 e. The van der Waals surface area contributed by atoms with Crippen molar-refractivity contribution in [1.29, 1.82) is 0 Å². The molecule has 1 aliphatic rings. The predicted octanol–water partition coefficient (Wildman–Crippen LogP) is 0.774. The second-order valence-electron chi connectivity index (χ2n) is 5.95. The normalized spacial score (nSPS) is 19.6. The molecule has 7 nitrogen and oxygen atoms in total. The maximum atomic E-state index is 9.25. The van der Waals surface area contributed by atoms with Crippen LogP contribution in [-0.2, 0) is 20.2 Å². The topological polar surface area (TPSA) is 72.0 Å². The lowest BCUT2D eigenvalue weighted by Gasteiger charge is -2.32. The first-order chi connectivity index (χ1) is 10.8. The maximum absolute atomic E-state index is 9.25. The standard InChI is InChI=1S/C15H24N6O/c1-19-14(12-22)17-18-15(19)13-5-2-7-20(11-13)8-4-10-21-9-3-6-16-21/h3,6,9,13,22H,2,4-5,7-8,10-12H2,1H3. The Balaban J connectivity index is 1.53. The van der Waals surface area contributed by atoms with Gasteiger partial charge in [0.1, 0.15) is 12.4 Å². The van der Waals surface area contributed by atoms with Crippen LogP contribution in [0.3, 0.4) is 0 Å². The van der Waals surface area contributed by atoms with Crippen LogP contribution in [0.15, 0.2) is 18.5 Å². The molecule has 1 unspecified atom stereocenters. The molecule has 0 saturated carbocycles. The molecule has 0 aromatic carbocycles. The van der Waals surface area contributed by atoms with Crippen molar-refractivity contribution in [2.45, 2.75) is 38.3 Å². The highest BCUT2D eigenvalue weighted by molar-refractivity contribution is 5.03. The summed E-state index contributed by atoms with van der Waals surface area (Å²) in [6, 6.07) is 1.96. The molecule has 0 bridgehead atoms. The molecule has 3 heterocycles. The summed E-state index contributed by atoms with van der Waals surface area (Å²) in [5.41, 5.74) is 0. The first-order valence-electron chi connectivity index (χ1n) is 7.96. The molecular weight excluding hydrogens is 280 g/mol. The van der Waals surface area contributed by atoms with E-state index in [2.05, 4.69) is 20.2 Å². The number of rotatable bonds is 6. The van der Waals surface area contributed by atoms with E-state index in [9.17, 15) is 5.11 Å². The third-order valence-corrected chi connectivity index (χ3v) is 4.43. The number of hydrogen-bond donors (Lipinski definition) is 1. The average Bonchev–Trinajstić information content (AvgIpc) is 3.17. The molecular formula is C15H24N6O. The van der Waals surface area contributed by atoms with Crippen molar-refractivity contribution in [1.82, 2.24) is 29.4 Å². The Labute approximate surface area is 130 Å². The van der Waals surface area contributed by atoms with Crippen LogP contribution in [0.5, 0.6) is 0 Å². The molecule has 1 atom stereocenters. The number of piperidine rings is 1. The summed E-state index contributed by atoms with van der Waals surface area (Å²) in [5, 5.41) is 21.8. The molecule has 2 aromatic rings. The van der Waals surface area contributed by atoms with Crippen molar-refractivity contribution >= 4 is 0 Å². The van der Waals surface area contributed by atoms with Gasteiger partial charge in [0.25, 0.3) is 0 Å². The van der Waals surface area contributed by atoms with Crippen LogP contribution >= 0.6 is 0 Å². The summed E-state index contributed by atoms with van der Waals surface area (Å²) < 4.78 is 3.93. The summed E-state index contributed by atoms with van der Waals surface area (Å²) in [6.45, 7) is 4.18. The van der Waals surface area contributed by atoms with Gasteiger partial charge in [-0.15, -0.1) is 10.2 Å². The molecule has 0 amide bonds. The fourth-order valence-electron chi connectivity index (χ4n) is 3.23. The maximum Gasteiger partial charge on any atom is 0.158 e. The lowest BCUT2D eigenvalue weighted by molar-refractivity contribution is 0.196. The molecule has 0 aliphatic carbocycles. The third kappa shape index (κ3) is 3.36. The first-order valence-corrected chi connectivity index (χ1v) is 7.96. The summed E-state index contributed by atoms with van der Waals surface area (Å²) in [5.74, 6) is 2.06. The quantitative estimate of drug-likeness (QED) is 0.853. The number of likely N-dealkylation sites (tertiary alicyclic amines) is 1. The molecule has 22 heavy (non-hydrogen) atoms. The smallest absolute Gasteiger partial charge is 0.158 e. The Kier molecular flexibility index (Phi) is 4.84. The monoisotopic (exact) mass is 304 g/mol. The Morgan fingerprint density at radius 1 is 1.32 bits per heavy atom. The molecule has 1 aliphatic heterocycles. The van der Waals surface area contributed by atoms with Crippen LogP contribution in [0.2, 0.25) is 0 Å². The molecule has 7 heteroatoms. The predicted molar refractivity (Wildman–Crippen MR) is 82.2 cm³/mol. The SMILES string of the molecule is Cn1c(CO)nnc1C1CCCN(CCCn2cccn2)C1. The van der Waals surface area contributed by atoms with Crippen LogP contribution in [-0.4, -0.2) is 54.2 Å². The number of aryl methyl sites for hydroxylation is 1. The van der Waals surface area contributed by atoms with Gasteiger partial charge in [0.15, 0.2) is 5.82 Å². The van der Waals surface area contributed by atoms with E-state index in [1.165, 1.54) is 6.42 Å². The first kappa shape index (κ1) is 15.2. The number of nitrogens with zero attached hydrogens (tertiary/aromatic N) is 6. The Hall–Kier alpha value is -1.73. The highest BCUT2D eigenvalue weighted by Gasteiger charge is 2.25. The summed E-state index contributed by atoms with van der Waals surface area (Å²) >= 11 is 0. The Bertz CT molecular complexity index is 579. The van der Waals surface area contributed by atoms with Crippen LogP contribution in [0.1, 0.15) is 36.8 Å². The van der Waals surface area contributed by atoms with E-state index in [1.807, 2.05) is 34.8 Å². The van der Waals surface area contributed by atoms with Crippen LogP contribution in [0.25, 0.3) is 0 Å². The van der Waals surface area contributed by atoms with Crippen molar-refractivity contribution in [3.63, 3.8) is 0 Å². The van der Waals surface area contributed by atoms with Crippen molar-refractivity contribution in [2.75, 3.05) is 19.6 Å². The van der Waals surface area contributed by atoms with Gasteiger partial charge in [0, 0.05) is 38.4 Å². The molecule has 2 aromatic heterocycles. The van der Waals surface area contributed by atoms with Gasteiger partial charge in [-0.1, -0.05) is 0 Å². The Morgan fingerprint density at radius 2 is 2.23 bits per heavy atom. The van der Waals surface area contributed by atoms with E-state index in [-0.39, 0.29) is 6.61 Å². The molecule has 120 valence electrons. The van der Waals surface area contributed by atoms with Crippen molar-refractivity contribution in [3.05, 3.63) is 30.1 Å². The van der Waals surface area contributed by atoms with Gasteiger partial charge >= 0.3 is 0 Å². The minimum absolute atomic E-state index is 0.0518. The second-order valence-corrected chi connectivity index (χ2v) is 5.95. The molecule has 0 radical (unpaired) electrons. The lowest BCUT2D eigenvalue weighted by atomic mass is 9.97. The summed E-state index contributed by atoms with van der Waals surface area (Å²) in [7, 11) is 1.94.